The second kappa shape index (κ2) is 8.22. The van der Waals surface area contributed by atoms with Gasteiger partial charge < -0.3 is 14.6 Å². The number of nitrogens with zero attached hydrogens (tertiary/aromatic N) is 4. The van der Waals surface area contributed by atoms with Crippen LogP contribution in [-0.4, -0.2) is 38.9 Å². The van der Waals surface area contributed by atoms with E-state index in [4.69, 9.17) is 4.74 Å². The number of aryl methyl sites for hydroxylation is 2. The van der Waals surface area contributed by atoms with Gasteiger partial charge in [0.25, 0.3) is 5.56 Å². The quantitative estimate of drug-likeness (QED) is 0.589. The molecule has 3 rings (SSSR count). The maximum absolute atomic E-state index is 12.4. The first-order chi connectivity index (χ1) is 13.0. The Labute approximate surface area is 157 Å². The molecule has 0 saturated heterocycles. The minimum absolute atomic E-state index is 0.316. The first-order valence-corrected chi connectivity index (χ1v) is 8.97. The Morgan fingerprint density at radius 3 is 2.74 bits per heavy atom. The van der Waals surface area contributed by atoms with Crippen molar-refractivity contribution in [2.24, 2.45) is 14.1 Å². The third-order valence-corrected chi connectivity index (χ3v) is 4.70. The normalized spacial score (nSPS) is 11.2. The summed E-state index contributed by atoms with van der Waals surface area (Å²) in [5, 5.41) is 3.39. The highest BCUT2D eigenvalue weighted by atomic mass is 16.5. The summed E-state index contributed by atoms with van der Waals surface area (Å²) in [6.45, 7) is 2.21. The van der Waals surface area contributed by atoms with Crippen molar-refractivity contribution in [2.75, 3.05) is 20.2 Å². The fourth-order valence-electron chi connectivity index (χ4n) is 3.14. The van der Waals surface area contributed by atoms with Crippen LogP contribution >= 0.6 is 0 Å². The molecule has 2 aromatic heterocycles. The van der Waals surface area contributed by atoms with Crippen molar-refractivity contribution in [3.05, 3.63) is 57.0 Å². The molecule has 1 N–H and O–H groups in total. The third kappa shape index (κ3) is 3.95. The van der Waals surface area contributed by atoms with Crippen LogP contribution in [0.5, 0.6) is 5.75 Å². The second-order valence-corrected chi connectivity index (χ2v) is 6.52. The zero-order chi connectivity index (χ0) is 19.4. The molecule has 0 aliphatic rings. The summed E-state index contributed by atoms with van der Waals surface area (Å²) in [6, 6.07) is 8.09. The molecular formula is C19H25N5O3. The first-order valence-electron chi connectivity index (χ1n) is 8.97. The Kier molecular flexibility index (Phi) is 5.75. The van der Waals surface area contributed by atoms with Crippen LogP contribution in [0.2, 0.25) is 0 Å². The zero-order valence-corrected chi connectivity index (χ0v) is 15.9. The molecule has 0 amide bonds. The second-order valence-electron chi connectivity index (χ2n) is 6.52. The summed E-state index contributed by atoms with van der Waals surface area (Å²) in [5.74, 6) is 0.878. The highest BCUT2D eigenvalue weighted by Gasteiger charge is 2.13. The van der Waals surface area contributed by atoms with Crippen LogP contribution in [0, 0.1) is 0 Å². The molecule has 2 heterocycles. The third-order valence-electron chi connectivity index (χ3n) is 4.70. The molecule has 0 radical (unpaired) electrons. The number of aromatic nitrogens is 4. The molecule has 144 valence electrons. The molecular weight excluding hydrogens is 346 g/mol. The number of nitrogens with one attached hydrogen (secondary N) is 1. The van der Waals surface area contributed by atoms with Gasteiger partial charge in [0.2, 0.25) is 0 Å². The topological polar surface area (TPSA) is 83.1 Å². The number of hydrogen-bond acceptors (Lipinski definition) is 5. The van der Waals surface area contributed by atoms with Crippen LogP contribution in [0.1, 0.15) is 12.0 Å². The van der Waals surface area contributed by atoms with Crippen LogP contribution in [-0.2, 0) is 27.1 Å². The molecule has 3 aromatic rings. The number of hydrogen-bond donors (Lipinski definition) is 1. The van der Waals surface area contributed by atoms with Crippen molar-refractivity contribution in [1.82, 2.24) is 24.0 Å². The van der Waals surface area contributed by atoms with Crippen LogP contribution in [0.4, 0.5) is 0 Å². The number of benzene rings is 1. The smallest absolute Gasteiger partial charge is 0.332 e. The molecule has 8 heteroatoms. The molecule has 27 heavy (non-hydrogen) atoms. The maximum Gasteiger partial charge on any atom is 0.332 e. The zero-order valence-electron chi connectivity index (χ0n) is 15.9. The number of ether oxygens (including phenoxy) is 1. The summed E-state index contributed by atoms with van der Waals surface area (Å²) >= 11 is 0. The van der Waals surface area contributed by atoms with E-state index in [0.717, 1.165) is 36.2 Å². The lowest BCUT2D eigenvalue weighted by Crippen LogP contribution is -2.37. The molecule has 0 saturated carbocycles. The highest BCUT2D eigenvalue weighted by Crippen LogP contribution is 2.13. The lowest BCUT2D eigenvalue weighted by Gasteiger charge is -2.08. The number of imidazole rings is 1. The van der Waals surface area contributed by atoms with Crippen molar-refractivity contribution in [3.8, 4) is 5.75 Å². The fraction of sp³-hybridized carbons (Fsp3) is 0.421. The molecule has 0 unspecified atom stereocenters. The summed E-state index contributed by atoms with van der Waals surface area (Å²) in [6.07, 6.45) is 3.60. The minimum atomic E-state index is -0.367. The molecule has 0 aliphatic heterocycles. The fourth-order valence-corrected chi connectivity index (χ4v) is 3.14. The molecule has 0 aliphatic carbocycles. The first kappa shape index (κ1) is 18.9. The lowest BCUT2D eigenvalue weighted by atomic mass is 10.1. The standard InChI is InChI=1S/C19H25N5O3/c1-22-17-16(18(25)23(2)19(22)26)24(13-21-17)11-10-20-9-5-7-14-6-4-8-15(12-14)27-3/h4,6,8,12-13,20H,5,7,9-11H2,1-3H3. The van der Waals surface area contributed by atoms with Gasteiger partial charge in [-0.25, -0.2) is 9.78 Å². The van der Waals surface area contributed by atoms with E-state index in [0.29, 0.717) is 17.7 Å². The number of rotatable bonds is 8. The van der Waals surface area contributed by atoms with Gasteiger partial charge in [0.1, 0.15) is 5.75 Å². The van der Waals surface area contributed by atoms with Gasteiger partial charge in [0.05, 0.1) is 13.4 Å². The van der Waals surface area contributed by atoms with Gasteiger partial charge in [0.15, 0.2) is 11.2 Å². The van der Waals surface area contributed by atoms with Crippen molar-refractivity contribution < 1.29 is 4.74 Å². The molecule has 0 fully saturated rings. The van der Waals surface area contributed by atoms with Gasteiger partial charge in [-0.15, -0.1) is 0 Å². The molecule has 8 nitrogen and oxygen atoms in total. The average Bonchev–Trinajstić information content (AvgIpc) is 3.11. The average molecular weight is 371 g/mol. The summed E-state index contributed by atoms with van der Waals surface area (Å²) in [7, 11) is 4.78. The summed E-state index contributed by atoms with van der Waals surface area (Å²) in [5.41, 5.74) is 1.44. The van der Waals surface area contributed by atoms with E-state index in [1.54, 1.807) is 25.1 Å². The van der Waals surface area contributed by atoms with Crippen LogP contribution in [0.25, 0.3) is 11.2 Å². The van der Waals surface area contributed by atoms with Crippen molar-refractivity contribution in [2.45, 2.75) is 19.4 Å². The maximum atomic E-state index is 12.4. The van der Waals surface area contributed by atoms with E-state index in [1.165, 1.54) is 17.2 Å². The largest absolute Gasteiger partial charge is 0.497 e. The van der Waals surface area contributed by atoms with Gasteiger partial charge in [0, 0.05) is 27.2 Å². The Morgan fingerprint density at radius 1 is 1.15 bits per heavy atom. The van der Waals surface area contributed by atoms with Crippen LogP contribution in [0.15, 0.2) is 40.2 Å². The number of fused-ring (bicyclic) bond motifs is 1. The molecule has 0 bridgehead atoms. The molecule has 0 spiro atoms. The van der Waals surface area contributed by atoms with E-state index < -0.39 is 0 Å². The van der Waals surface area contributed by atoms with Crippen molar-refractivity contribution in [1.29, 1.82) is 0 Å². The van der Waals surface area contributed by atoms with E-state index in [2.05, 4.69) is 22.4 Å². The Balaban J connectivity index is 1.54. The Morgan fingerprint density at radius 2 is 1.96 bits per heavy atom. The lowest BCUT2D eigenvalue weighted by molar-refractivity contribution is 0.414. The summed E-state index contributed by atoms with van der Waals surface area (Å²) < 4.78 is 9.55. The van der Waals surface area contributed by atoms with E-state index in [9.17, 15) is 9.59 Å². The van der Waals surface area contributed by atoms with Gasteiger partial charge in [-0.1, -0.05) is 12.1 Å². The predicted octanol–water partition coefficient (Wildman–Crippen LogP) is 0.665. The van der Waals surface area contributed by atoms with E-state index >= 15 is 0 Å². The Hall–Kier alpha value is -2.87. The van der Waals surface area contributed by atoms with Gasteiger partial charge >= 0.3 is 5.69 Å². The van der Waals surface area contributed by atoms with Crippen molar-refractivity contribution >= 4 is 11.2 Å². The van der Waals surface area contributed by atoms with Gasteiger partial charge in [-0.2, -0.15) is 0 Å². The van der Waals surface area contributed by atoms with Gasteiger partial charge in [-0.05, 0) is 37.1 Å². The van der Waals surface area contributed by atoms with E-state index in [1.807, 2.05) is 12.1 Å². The molecule has 0 atom stereocenters. The van der Waals surface area contributed by atoms with Gasteiger partial charge in [-0.3, -0.25) is 13.9 Å². The minimum Gasteiger partial charge on any atom is -0.497 e. The Bertz CT molecular complexity index is 1050. The highest BCUT2D eigenvalue weighted by molar-refractivity contribution is 5.69. The van der Waals surface area contributed by atoms with E-state index in [-0.39, 0.29) is 11.2 Å². The predicted molar refractivity (Wildman–Crippen MR) is 104 cm³/mol. The summed E-state index contributed by atoms with van der Waals surface area (Å²) in [4.78, 5) is 28.6. The number of methoxy groups -OCH3 is 1. The molecule has 1 aromatic carbocycles. The van der Waals surface area contributed by atoms with Crippen LogP contribution in [0.3, 0.4) is 0 Å². The monoisotopic (exact) mass is 371 g/mol. The van der Waals surface area contributed by atoms with Crippen molar-refractivity contribution in [3.63, 3.8) is 0 Å². The van der Waals surface area contributed by atoms with Crippen LogP contribution < -0.4 is 21.3 Å². The SMILES string of the molecule is COc1cccc(CCCNCCn2cnc3c2c(=O)n(C)c(=O)n3C)c1.